The Kier molecular flexibility index (Phi) is 5.96. The highest BCUT2D eigenvalue weighted by Gasteiger charge is 2.33. The molecule has 1 aliphatic rings. The van der Waals surface area contributed by atoms with Crippen molar-refractivity contribution in [1.82, 2.24) is 4.90 Å². The number of esters is 1. The number of para-hydroxylation sites is 1. The molecule has 0 radical (unpaired) electrons. The molecule has 2 aromatic rings. The van der Waals surface area contributed by atoms with Crippen LogP contribution < -0.4 is 5.32 Å². The molecule has 0 unspecified atom stereocenters. The normalized spacial score (nSPS) is 16.6. The van der Waals surface area contributed by atoms with E-state index in [9.17, 15) is 9.59 Å². The van der Waals surface area contributed by atoms with Gasteiger partial charge in [0.2, 0.25) is 5.91 Å². The number of carbonyl (C=O) groups is 2. The molecule has 1 amide bonds. The van der Waals surface area contributed by atoms with Crippen molar-refractivity contribution in [3.8, 4) is 0 Å². The average molecular weight is 370 g/mol. The Morgan fingerprint density at radius 2 is 1.85 bits per heavy atom. The Bertz CT molecular complexity index is 809. The van der Waals surface area contributed by atoms with E-state index in [2.05, 4.69) is 5.32 Å². The van der Waals surface area contributed by atoms with E-state index in [0.29, 0.717) is 13.0 Å². The monoisotopic (exact) mass is 370 g/mol. The molecular weight excluding hydrogens is 348 g/mol. The van der Waals surface area contributed by atoms with E-state index < -0.39 is 6.04 Å². The van der Waals surface area contributed by atoms with Crippen molar-refractivity contribution in [2.24, 2.45) is 0 Å². The number of methoxy groups -OCH3 is 1. The lowest BCUT2D eigenvalue weighted by Gasteiger charge is -2.34. The second kappa shape index (κ2) is 8.38. The Labute approximate surface area is 157 Å². The Hall–Kier alpha value is -2.31. The van der Waals surface area contributed by atoms with E-state index >= 15 is 0 Å². The number of nitrogens with zero attached hydrogens (tertiary/aromatic N) is 1. The molecule has 1 atom stereocenters. The van der Waals surface area contributed by atoms with Crippen LogP contribution in [0.4, 0.5) is 5.69 Å². The largest absolute Gasteiger partial charge is 0.468 e. The number of ether oxygens (including phenoxy) is 1. The minimum absolute atomic E-state index is 0.136. The van der Waals surface area contributed by atoms with Gasteiger partial charge in [0.05, 0.1) is 19.3 Å². The number of hydrogen-bond donors (Lipinski definition) is 1. The first kappa shape index (κ1) is 18.5. The van der Waals surface area contributed by atoms with Crippen LogP contribution in [0.25, 0.3) is 0 Å². The zero-order chi connectivity index (χ0) is 18.5. The highest BCUT2D eigenvalue weighted by Crippen LogP contribution is 2.26. The molecule has 1 N–H and O–H groups in total. The van der Waals surface area contributed by atoms with Crippen LogP contribution in [-0.2, 0) is 27.3 Å². The lowest BCUT2D eigenvalue weighted by atomic mass is 9.94. The van der Waals surface area contributed by atoms with Crippen molar-refractivity contribution in [2.45, 2.75) is 23.9 Å². The van der Waals surface area contributed by atoms with Gasteiger partial charge in [-0.15, -0.1) is 11.8 Å². The summed E-state index contributed by atoms with van der Waals surface area (Å²) >= 11 is 1.58. The quantitative estimate of drug-likeness (QED) is 0.648. The van der Waals surface area contributed by atoms with Crippen LogP contribution >= 0.6 is 11.8 Å². The van der Waals surface area contributed by atoms with Crippen LogP contribution in [0.2, 0.25) is 0 Å². The summed E-state index contributed by atoms with van der Waals surface area (Å²) in [6.07, 6.45) is 2.53. The third-order valence-corrected chi connectivity index (χ3v) is 5.34. The number of fused-ring (bicyclic) bond motifs is 1. The molecule has 26 heavy (non-hydrogen) atoms. The summed E-state index contributed by atoms with van der Waals surface area (Å²) in [6.45, 7) is 0.685. The van der Waals surface area contributed by atoms with Crippen LogP contribution in [0.15, 0.2) is 53.4 Å². The maximum absolute atomic E-state index is 12.6. The number of hydrogen-bond acceptors (Lipinski definition) is 5. The lowest BCUT2D eigenvalue weighted by Crippen LogP contribution is -2.49. The fraction of sp³-hybridized carbons (Fsp3) is 0.300. The SMILES string of the molecule is COC(=O)[C@@H]1Cc2ccccc2CN1CC(=O)Nc1ccccc1SC. The van der Waals surface area contributed by atoms with Gasteiger partial charge in [0.25, 0.3) is 0 Å². The van der Waals surface area contributed by atoms with Crippen molar-refractivity contribution >= 4 is 29.3 Å². The minimum atomic E-state index is -0.448. The van der Waals surface area contributed by atoms with Gasteiger partial charge >= 0.3 is 5.97 Å². The summed E-state index contributed by atoms with van der Waals surface area (Å²) in [6, 6.07) is 15.2. The zero-order valence-corrected chi connectivity index (χ0v) is 15.7. The third kappa shape index (κ3) is 4.08. The minimum Gasteiger partial charge on any atom is -0.468 e. The second-order valence-electron chi connectivity index (χ2n) is 6.17. The van der Waals surface area contributed by atoms with Crippen LogP contribution in [0.3, 0.4) is 0 Å². The number of carbonyl (C=O) groups excluding carboxylic acids is 2. The van der Waals surface area contributed by atoms with Gasteiger partial charge < -0.3 is 10.1 Å². The molecular formula is C20H22N2O3S. The smallest absolute Gasteiger partial charge is 0.323 e. The fourth-order valence-electron chi connectivity index (χ4n) is 3.23. The van der Waals surface area contributed by atoms with Gasteiger partial charge in [-0.2, -0.15) is 0 Å². The molecule has 0 aromatic heterocycles. The van der Waals surface area contributed by atoms with Gasteiger partial charge in [-0.05, 0) is 35.9 Å². The van der Waals surface area contributed by atoms with E-state index in [1.54, 1.807) is 11.8 Å². The predicted octanol–water partition coefficient (Wildman–Crippen LogP) is 2.95. The number of anilines is 1. The van der Waals surface area contributed by atoms with Crippen molar-refractivity contribution in [3.05, 3.63) is 59.7 Å². The average Bonchev–Trinajstić information content (AvgIpc) is 2.67. The van der Waals surface area contributed by atoms with Crippen LogP contribution in [0.5, 0.6) is 0 Å². The summed E-state index contributed by atoms with van der Waals surface area (Å²) in [5.74, 6) is -0.448. The topological polar surface area (TPSA) is 58.6 Å². The van der Waals surface area contributed by atoms with Gasteiger partial charge in [-0.3, -0.25) is 14.5 Å². The van der Waals surface area contributed by atoms with E-state index in [-0.39, 0.29) is 18.4 Å². The Morgan fingerprint density at radius 1 is 1.15 bits per heavy atom. The van der Waals surface area contributed by atoms with Crippen molar-refractivity contribution < 1.29 is 14.3 Å². The van der Waals surface area contributed by atoms with Crippen LogP contribution in [0.1, 0.15) is 11.1 Å². The summed E-state index contributed by atoms with van der Waals surface area (Å²) in [5, 5.41) is 2.96. The number of benzene rings is 2. The Balaban J connectivity index is 1.75. The van der Waals surface area contributed by atoms with Crippen molar-refractivity contribution in [1.29, 1.82) is 0 Å². The molecule has 1 aliphatic heterocycles. The second-order valence-corrected chi connectivity index (χ2v) is 7.01. The van der Waals surface area contributed by atoms with Gasteiger partial charge in [0.15, 0.2) is 0 Å². The summed E-state index contributed by atoms with van der Waals surface area (Å²) in [7, 11) is 1.38. The molecule has 5 nitrogen and oxygen atoms in total. The highest BCUT2D eigenvalue weighted by atomic mass is 32.2. The Morgan fingerprint density at radius 3 is 2.58 bits per heavy atom. The molecule has 0 saturated carbocycles. The molecule has 0 bridgehead atoms. The number of amides is 1. The molecule has 1 heterocycles. The maximum atomic E-state index is 12.6. The zero-order valence-electron chi connectivity index (χ0n) is 14.9. The molecule has 6 heteroatoms. The first-order valence-electron chi connectivity index (χ1n) is 8.44. The summed E-state index contributed by atoms with van der Waals surface area (Å²) in [5.41, 5.74) is 3.06. The maximum Gasteiger partial charge on any atom is 0.323 e. The molecule has 3 rings (SSSR count). The van der Waals surface area contributed by atoms with E-state index in [1.165, 1.54) is 7.11 Å². The molecule has 0 saturated heterocycles. The molecule has 0 fully saturated rings. The number of nitrogens with one attached hydrogen (secondary N) is 1. The van der Waals surface area contributed by atoms with Gasteiger partial charge in [-0.25, -0.2) is 0 Å². The summed E-state index contributed by atoms with van der Waals surface area (Å²) in [4.78, 5) is 27.7. The molecule has 0 spiro atoms. The lowest BCUT2D eigenvalue weighted by molar-refractivity contribution is -0.148. The third-order valence-electron chi connectivity index (χ3n) is 4.55. The molecule has 0 aliphatic carbocycles. The summed E-state index contributed by atoms with van der Waals surface area (Å²) < 4.78 is 4.96. The van der Waals surface area contributed by atoms with Crippen LogP contribution in [0, 0.1) is 0 Å². The van der Waals surface area contributed by atoms with Crippen molar-refractivity contribution in [3.63, 3.8) is 0 Å². The highest BCUT2D eigenvalue weighted by molar-refractivity contribution is 7.98. The van der Waals surface area contributed by atoms with Crippen molar-refractivity contribution in [2.75, 3.05) is 25.2 Å². The molecule has 136 valence electrons. The van der Waals surface area contributed by atoms with E-state index in [4.69, 9.17) is 4.74 Å². The first-order valence-corrected chi connectivity index (χ1v) is 9.66. The standard InChI is InChI=1S/C20H22N2O3S/c1-25-20(24)17-11-14-7-3-4-8-15(14)12-22(17)13-19(23)21-16-9-5-6-10-18(16)26-2/h3-10,17H,11-13H2,1-2H3,(H,21,23)/t17-/m0/s1. The van der Waals surface area contributed by atoms with E-state index in [0.717, 1.165) is 21.7 Å². The number of rotatable bonds is 5. The van der Waals surface area contributed by atoms with Gasteiger partial charge in [0.1, 0.15) is 6.04 Å². The van der Waals surface area contributed by atoms with Crippen LogP contribution in [-0.4, -0.2) is 42.7 Å². The number of thioether (sulfide) groups is 1. The molecule has 2 aromatic carbocycles. The van der Waals surface area contributed by atoms with Gasteiger partial charge in [-0.1, -0.05) is 36.4 Å². The van der Waals surface area contributed by atoms with Gasteiger partial charge in [0, 0.05) is 11.4 Å². The van der Waals surface area contributed by atoms with E-state index in [1.807, 2.05) is 59.7 Å². The first-order chi connectivity index (χ1) is 12.6. The fourth-order valence-corrected chi connectivity index (χ4v) is 3.79. The predicted molar refractivity (Wildman–Crippen MR) is 103 cm³/mol.